The Kier molecular flexibility index (Phi) is 3.93. The average Bonchev–Trinajstić information content (AvgIpc) is 2.80. The van der Waals surface area contributed by atoms with Crippen LogP contribution in [-0.2, 0) is 0 Å². The van der Waals surface area contributed by atoms with Gasteiger partial charge in [0.15, 0.2) is 5.11 Å². The maximum Gasteiger partial charge on any atom is 0.184 e. The van der Waals surface area contributed by atoms with Crippen LogP contribution in [0.25, 0.3) is 6.08 Å². The van der Waals surface area contributed by atoms with Crippen LogP contribution in [0.1, 0.15) is 31.4 Å². The Morgan fingerprint density at radius 1 is 1.47 bits per heavy atom. The molecule has 0 bridgehead atoms. The van der Waals surface area contributed by atoms with Gasteiger partial charge in [-0.15, -0.1) is 0 Å². The normalized spacial score (nSPS) is 20.7. The number of nitrogens with zero attached hydrogens (tertiary/aromatic N) is 1. The molecule has 0 radical (unpaired) electrons. The average molecular weight is 249 g/mol. The first-order valence-electron chi connectivity index (χ1n) is 5.62. The Bertz CT molecular complexity index is 448. The zero-order valence-electron chi connectivity index (χ0n) is 9.48. The van der Waals surface area contributed by atoms with E-state index in [1.807, 2.05) is 18.2 Å². The maximum absolute atomic E-state index is 5.37. The van der Waals surface area contributed by atoms with Crippen molar-refractivity contribution in [2.75, 3.05) is 0 Å². The number of furan rings is 1. The molecule has 0 spiro atoms. The number of hydrogen-bond donors (Lipinski definition) is 2. The van der Waals surface area contributed by atoms with Gasteiger partial charge in [0.2, 0.25) is 0 Å². The van der Waals surface area contributed by atoms with Crippen molar-refractivity contribution < 1.29 is 4.42 Å². The third-order valence-corrected chi connectivity index (χ3v) is 2.73. The number of rotatable bonds is 2. The topological polar surface area (TPSA) is 63.5 Å². The molecule has 4 nitrogen and oxygen atoms in total. The van der Waals surface area contributed by atoms with Crippen LogP contribution in [0.2, 0.25) is 0 Å². The van der Waals surface area contributed by atoms with Gasteiger partial charge in [0.05, 0.1) is 12.0 Å². The molecule has 90 valence electrons. The highest BCUT2D eigenvalue weighted by Crippen LogP contribution is 2.23. The molecular formula is C12H15N3OS. The summed E-state index contributed by atoms with van der Waals surface area (Å²) in [6.45, 7) is 0. The van der Waals surface area contributed by atoms with Gasteiger partial charge in [-0.05, 0) is 61.7 Å². The van der Waals surface area contributed by atoms with Crippen molar-refractivity contribution in [2.45, 2.75) is 25.7 Å². The molecule has 1 heterocycles. The molecule has 0 aliphatic heterocycles. The van der Waals surface area contributed by atoms with Crippen LogP contribution in [0.4, 0.5) is 0 Å². The molecule has 1 fully saturated rings. The second-order valence-corrected chi connectivity index (χ2v) is 4.37. The van der Waals surface area contributed by atoms with E-state index in [4.69, 9.17) is 22.4 Å². The van der Waals surface area contributed by atoms with Gasteiger partial charge < -0.3 is 10.2 Å². The van der Waals surface area contributed by atoms with E-state index in [0.29, 0.717) is 0 Å². The van der Waals surface area contributed by atoms with Crippen molar-refractivity contribution in [2.24, 2.45) is 10.8 Å². The van der Waals surface area contributed by atoms with Gasteiger partial charge in [-0.3, -0.25) is 5.43 Å². The van der Waals surface area contributed by atoms with E-state index in [2.05, 4.69) is 10.5 Å². The van der Waals surface area contributed by atoms with E-state index in [-0.39, 0.29) is 5.11 Å². The maximum atomic E-state index is 5.37. The van der Waals surface area contributed by atoms with Crippen molar-refractivity contribution >= 4 is 29.1 Å². The fourth-order valence-electron chi connectivity index (χ4n) is 1.86. The van der Waals surface area contributed by atoms with Crippen LogP contribution >= 0.6 is 12.2 Å². The predicted molar refractivity (Wildman–Crippen MR) is 72.5 cm³/mol. The summed E-state index contributed by atoms with van der Waals surface area (Å²) in [6, 6.07) is 3.81. The Morgan fingerprint density at radius 3 is 3.00 bits per heavy atom. The lowest BCUT2D eigenvalue weighted by Gasteiger charge is -2.16. The Balaban J connectivity index is 2.17. The van der Waals surface area contributed by atoms with E-state index in [0.717, 1.165) is 30.7 Å². The van der Waals surface area contributed by atoms with Gasteiger partial charge in [0.1, 0.15) is 5.76 Å². The van der Waals surface area contributed by atoms with Crippen LogP contribution in [0.3, 0.4) is 0 Å². The highest BCUT2D eigenvalue weighted by molar-refractivity contribution is 7.80. The smallest absolute Gasteiger partial charge is 0.184 e. The van der Waals surface area contributed by atoms with Crippen molar-refractivity contribution in [1.82, 2.24) is 5.43 Å². The van der Waals surface area contributed by atoms with E-state index in [9.17, 15) is 0 Å². The van der Waals surface area contributed by atoms with Crippen molar-refractivity contribution in [3.63, 3.8) is 0 Å². The zero-order valence-corrected chi connectivity index (χ0v) is 10.3. The lowest BCUT2D eigenvalue weighted by molar-refractivity contribution is 0.556. The number of nitrogens with one attached hydrogen (secondary N) is 1. The summed E-state index contributed by atoms with van der Waals surface area (Å²) in [5.41, 5.74) is 10.2. The Morgan fingerprint density at radius 2 is 2.29 bits per heavy atom. The molecule has 0 aromatic carbocycles. The molecule has 1 aliphatic carbocycles. The second-order valence-electron chi connectivity index (χ2n) is 3.93. The third-order valence-electron chi connectivity index (χ3n) is 2.64. The molecule has 1 aliphatic rings. The van der Waals surface area contributed by atoms with Gasteiger partial charge in [-0.2, -0.15) is 5.10 Å². The predicted octanol–water partition coefficient (Wildman–Crippen LogP) is 2.43. The summed E-state index contributed by atoms with van der Waals surface area (Å²) >= 11 is 4.74. The summed E-state index contributed by atoms with van der Waals surface area (Å²) in [5, 5.41) is 4.43. The fourth-order valence-corrected chi connectivity index (χ4v) is 1.91. The number of allylic oxidation sites excluding steroid dienone is 1. The highest BCUT2D eigenvalue weighted by Gasteiger charge is 2.14. The minimum Gasteiger partial charge on any atom is -0.465 e. The molecule has 0 amide bonds. The van der Waals surface area contributed by atoms with Crippen molar-refractivity contribution in [3.8, 4) is 0 Å². The van der Waals surface area contributed by atoms with Gasteiger partial charge in [0.25, 0.3) is 0 Å². The summed E-state index contributed by atoms with van der Waals surface area (Å²) < 4.78 is 5.31. The van der Waals surface area contributed by atoms with Crippen LogP contribution in [0.15, 0.2) is 33.5 Å². The molecule has 0 saturated heterocycles. The zero-order chi connectivity index (χ0) is 12.1. The van der Waals surface area contributed by atoms with Gasteiger partial charge in [-0.25, -0.2) is 0 Å². The van der Waals surface area contributed by atoms with E-state index >= 15 is 0 Å². The lowest BCUT2D eigenvalue weighted by Crippen LogP contribution is -2.26. The molecule has 1 aromatic heterocycles. The van der Waals surface area contributed by atoms with Crippen LogP contribution in [0, 0.1) is 0 Å². The molecule has 5 heteroatoms. The molecule has 2 rings (SSSR count). The second kappa shape index (κ2) is 5.63. The fraction of sp³-hybridized carbons (Fsp3) is 0.333. The molecule has 0 unspecified atom stereocenters. The van der Waals surface area contributed by atoms with Crippen molar-refractivity contribution in [1.29, 1.82) is 0 Å². The third kappa shape index (κ3) is 3.42. The van der Waals surface area contributed by atoms with E-state index in [1.54, 1.807) is 6.26 Å². The lowest BCUT2D eigenvalue weighted by atomic mass is 9.92. The number of hydrazone groups is 1. The number of hydrogen-bond acceptors (Lipinski definition) is 3. The van der Waals surface area contributed by atoms with Crippen LogP contribution < -0.4 is 11.2 Å². The first-order valence-corrected chi connectivity index (χ1v) is 6.03. The summed E-state index contributed by atoms with van der Waals surface area (Å²) in [7, 11) is 0. The highest BCUT2D eigenvalue weighted by atomic mass is 32.1. The minimum atomic E-state index is 0.195. The molecule has 0 atom stereocenters. The number of nitrogens with two attached hydrogens (primary N) is 1. The monoisotopic (exact) mass is 249 g/mol. The molecule has 3 N–H and O–H groups in total. The van der Waals surface area contributed by atoms with Crippen LogP contribution in [-0.4, -0.2) is 10.8 Å². The Labute approximate surface area is 106 Å². The van der Waals surface area contributed by atoms with E-state index in [1.165, 1.54) is 12.0 Å². The first kappa shape index (κ1) is 11.9. The SMILES string of the molecule is NC(=S)N/N=C1\CCCC\C1=C/c1ccco1. The summed E-state index contributed by atoms with van der Waals surface area (Å²) in [5.74, 6) is 0.852. The summed E-state index contributed by atoms with van der Waals surface area (Å²) in [4.78, 5) is 0. The molecule has 17 heavy (non-hydrogen) atoms. The van der Waals surface area contributed by atoms with E-state index < -0.39 is 0 Å². The van der Waals surface area contributed by atoms with Gasteiger partial charge in [0, 0.05) is 0 Å². The van der Waals surface area contributed by atoms with Crippen LogP contribution in [0.5, 0.6) is 0 Å². The van der Waals surface area contributed by atoms with Crippen molar-refractivity contribution in [3.05, 3.63) is 29.7 Å². The summed E-state index contributed by atoms with van der Waals surface area (Å²) in [6.07, 6.45) is 7.98. The first-order chi connectivity index (χ1) is 8.25. The quantitative estimate of drug-likeness (QED) is 0.624. The van der Waals surface area contributed by atoms with Gasteiger partial charge >= 0.3 is 0 Å². The van der Waals surface area contributed by atoms with Gasteiger partial charge in [-0.1, -0.05) is 0 Å². The standard InChI is InChI=1S/C12H15N3OS/c13-12(17)15-14-11-6-2-1-4-9(11)8-10-5-3-7-16-10/h3,5,7-8H,1-2,4,6H2,(H3,13,15,17)/b9-8+,14-11+. The Hall–Kier alpha value is -1.62. The number of thiocarbonyl (C=S) groups is 1. The minimum absolute atomic E-state index is 0.195. The molecule has 1 aromatic rings. The molecule has 1 saturated carbocycles. The largest absolute Gasteiger partial charge is 0.465 e. The molecular weight excluding hydrogens is 234 g/mol.